The number of amides is 1. The highest BCUT2D eigenvalue weighted by atomic mass is 35.5. The first-order valence-electron chi connectivity index (χ1n) is 7.67. The molecule has 0 bridgehead atoms. The molecule has 8 heteroatoms. The van der Waals surface area contributed by atoms with Crippen molar-refractivity contribution in [1.82, 2.24) is 14.9 Å². The van der Waals surface area contributed by atoms with Crippen LogP contribution >= 0.6 is 11.6 Å². The topological polar surface area (TPSA) is 98.4 Å². The molecule has 0 radical (unpaired) electrons. The molecule has 3 aromatic rings. The van der Waals surface area contributed by atoms with E-state index in [9.17, 15) is 9.59 Å². The Kier molecular flexibility index (Phi) is 3.65. The average molecular weight is 360 g/mol. The van der Waals surface area contributed by atoms with Gasteiger partial charge in [0.2, 0.25) is 0 Å². The fraction of sp³-hybridized carbons (Fsp3) is 0.176. The molecular formula is C17H14ClN3O4. The van der Waals surface area contributed by atoms with E-state index in [2.05, 4.69) is 9.97 Å². The Morgan fingerprint density at radius 1 is 1.20 bits per heavy atom. The van der Waals surface area contributed by atoms with Crippen LogP contribution < -0.4 is 10.4 Å². The van der Waals surface area contributed by atoms with E-state index in [-0.39, 0.29) is 11.8 Å². The second-order valence-electron chi connectivity index (χ2n) is 5.88. The van der Waals surface area contributed by atoms with Gasteiger partial charge in [-0.1, -0.05) is 29.8 Å². The number of nitrogens with zero attached hydrogens (tertiary/aromatic N) is 1. The third-order valence-corrected chi connectivity index (χ3v) is 4.59. The van der Waals surface area contributed by atoms with Crippen LogP contribution in [0.1, 0.15) is 0 Å². The second kappa shape index (κ2) is 5.86. The quantitative estimate of drug-likeness (QED) is 0.669. The number of likely N-dealkylation sites (tertiary alicyclic amines) is 1. The first kappa shape index (κ1) is 15.6. The monoisotopic (exact) mass is 359 g/mol. The van der Waals surface area contributed by atoms with Crippen molar-refractivity contribution in [3.05, 3.63) is 51.9 Å². The van der Waals surface area contributed by atoms with Crippen molar-refractivity contribution in [1.29, 1.82) is 0 Å². The molecule has 2 heterocycles. The first-order valence-corrected chi connectivity index (χ1v) is 8.04. The molecule has 1 aromatic heterocycles. The van der Waals surface area contributed by atoms with Gasteiger partial charge in [0.05, 0.1) is 29.1 Å². The minimum absolute atomic E-state index is 0.202. The number of carbonyl (C=O) groups is 1. The third-order valence-electron chi connectivity index (χ3n) is 4.20. The van der Waals surface area contributed by atoms with Crippen LogP contribution in [-0.2, 0) is 0 Å². The number of ether oxygens (including phenoxy) is 1. The van der Waals surface area contributed by atoms with Crippen LogP contribution in [0.4, 0.5) is 4.79 Å². The molecule has 1 aliphatic heterocycles. The number of nitrogens with one attached hydrogen (secondary N) is 2. The zero-order valence-electron chi connectivity index (χ0n) is 13.0. The maximum absolute atomic E-state index is 11.4. The van der Waals surface area contributed by atoms with E-state index in [1.165, 1.54) is 4.90 Å². The normalized spacial score (nSPS) is 14.5. The summed E-state index contributed by atoms with van der Waals surface area (Å²) < 4.78 is 5.81. The lowest BCUT2D eigenvalue weighted by atomic mass is 10.0. The number of fused-ring (bicyclic) bond motifs is 1. The molecule has 1 aliphatic rings. The number of carboxylic acid groups (broad SMARTS) is 1. The lowest BCUT2D eigenvalue weighted by molar-refractivity contribution is 0.0253. The Hall–Kier alpha value is -2.93. The molecule has 0 saturated carbocycles. The predicted octanol–water partition coefficient (Wildman–Crippen LogP) is 2.92. The summed E-state index contributed by atoms with van der Waals surface area (Å²) in [6.07, 6.45) is -1.15. The highest BCUT2D eigenvalue weighted by molar-refractivity contribution is 6.34. The van der Waals surface area contributed by atoms with E-state index < -0.39 is 6.09 Å². The van der Waals surface area contributed by atoms with E-state index in [0.29, 0.717) is 29.4 Å². The van der Waals surface area contributed by atoms with Gasteiger partial charge in [0, 0.05) is 5.56 Å². The fourth-order valence-corrected chi connectivity index (χ4v) is 3.15. The maximum Gasteiger partial charge on any atom is 0.407 e. The number of hydrogen-bond acceptors (Lipinski definition) is 3. The summed E-state index contributed by atoms with van der Waals surface area (Å²) in [6.45, 7) is 0.652. The Balaban J connectivity index is 1.62. The Morgan fingerprint density at radius 3 is 2.72 bits per heavy atom. The van der Waals surface area contributed by atoms with Crippen molar-refractivity contribution in [3.8, 4) is 16.9 Å². The number of aromatic nitrogens is 2. The number of hydrogen-bond donors (Lipinski definition) is 3. The van der Waals surface area contributed by atoms with E-state index in [4.69, 9.17) is 21.4 Å². The standard InChI is InChI=1S/C17H14ClN3O4/c18-15-11(9-4-5-12-13(6-9)20-16(22)19-12)2-1-3-14(15)25-10-7-21(8-10)17(23)24/h1-6,10H,7-8H2,(H,23,24)(H2,19,20,22). The van der Waals surface area contributed by atoms with Gasteiger partial charge in [-0.05, 0) is 23.8 Å². The zero-order chi connectivity index (χ0) is 17.6. The van der Waals surface area contributed by atoms with Crippen LogP contribution in [0, 0.1) is 0 Å². The minimum Gasteiger partial charge on any atom is -0.485 e. The van der Waals surface area contributed by atoms with Crippen LogP contribution in [0.3, 0.4) is 0 Å². The molecule has 25 heavy (non-hydrogen) atoms. The van der Waals surface area contributed by atoms with Crippen molar-refractivity contribution >= 4 is 28.7 Å². The molecule has 1 amide bonds. The van der Waals surface area contributed by atoms with Crippen molar-refractivity contribution < 1.29 is 14.6 Å². The van der Waals surface area contributed by atoms with Crippen molar-refractivity contribution in [2.45, 2.75) is 6.10 Å². The Labute approximate surface area is 146 Å². The summed E-state index contributed by atoms with van der Waals surface area (Å²) in [5, 5.41) is 9.32. The van der Waals surface area contributed by atoms with Crippen molar-refractivity contribution in [2.75, 3.05) is 13.1 Å². The molecule has 1 fully saturated rings. The molecule has 7 nitrogen and oxygen atoms in total. The van der Waals surface area contributed by atoms with Gasteiger partial charge in [-0.2, -0.15) is 0 Å². The molecule has 3 N–H and O–H groups in total. The van der Waals surface area contributed by atoms with Gasteiger partial charge < -0.3 is 24.7 Å². The molecule has 2 aromatic carbocycles. The van der Waals surface area contributed by atoms with Crippen LogP contribution in [0.15, 0.2) is 41.2 Å². The Bertz CT molecular complexity index is 1020. The molecule has 0 spiro atoms. The molecule has 4 rings (SSSR count). The van der Waals surface area contributed by atoms with Crippen LogP contribution in [0.2, 0.25) is 5.02 Å². The van der Waals surface area contributed by atoms with E-state index in [1.54, 1.807) is 6.07 Å². The van der Waals surface area contributed by atoms with Gasteiger partial charge in [-0.25, -0.2) is 9.59 Å². The van der Waals surface area contributed by atoms with E-state index in [1.807, 2.05) is 30.3 Å². The van der Waals surface area contributed by atoms with Crippen molar-refractivity contribution in [2.24, 2.45) is 0 Å². The number of imidazole rings is 1. The van der Waals surface area contributed by atoms with Crippen LogP contribution in [0.5, 0.6) is 5.75 Å². The summed E-state index contributed by atoms with van der Waals surface area (Å²) in [4.78, 5) is 28.9. The van der Waals surface area contributed by atoms with E-state index in [0.717, 1.165) is 16.6 Å². The lowest BCUT2D eigenvalue weighted by Gasteiger charge is -2.37. The van der Waals surface area contributed by atoms with Gasteiger partial charge >= 0.3 is 11.8 Å². The zero-order valence-corrected chi connectivity index (χ0v) is 13.7. The van der Waals surface area contributed by atoms with Gasteiger partial charge in [0.1, 0.15) is 11.9 Å². The summed E-state index contributed by atoms with van der Waals surface area (Å²) in [5.41, 5.74) is 2.78. The summed E-state index contributed by atoms with van der Waals surface area (Å²) in [5.74, 6) is 0.511. The summed E-state index contributed by atoms with van der Waals surface area (Å²) in [7, 11) is 0. The summed E-state index contributed by atoms with van der Waals surface area (Å²) >= 11 is 6.49. The van der Waals surface area contributed by atoms with Gasteiger partial charge in [-0.3, -0.25) is 0 Å². The molecule has 0 unspecified atom stereocenters. The lowest BCUT2D eigenvalue weighted by Crippen LogP contribution is -2.55. The molecule has 1 saturated heterocycles. The smallest absolute Gasteiger partial charge is 0.407 e. The number of aromatic amines is 2. The van der Waals surface area contributed by atoms with Gasteiger partial charge in [0.25, 0.3) is 0 Å². The Morgan fingerprint density at radius 2 is 1.96 bits per heavy atom. The summed E-state index contributed by atoms with van der Waals surface area (Å²) in [6, 6.07) is 11.0. The number of H-pyrrole nitrogens is 2. The largest absolute Gasteiger partial charge is 0.485 e. The molecule has 0 aliphatic carbocycles. The van der Waals surface area contributed by atoms with E-state index >= 15 is 0 Å². The fourth-order valence-electron chi connectivity index (χ4n) is 2.87. The first-order chi connectivity index (χ1) is 12.0. The van der Waals surface area contributed by atoms with Crippen LogP contribution in [-0.4, -0.2) is 45.3 Å². The highest BCUT2D eigenvalue weighted by Crippen LogP contribution is 2.37. The number of rotatable bonds is 3. The molecule has 128 valence electrons. The maximum atomic E-state index is 11.4. The highest BCUT2D eigenvalue weighted by Gasteiger charge is 2.32. The minimum atomic E-state index is -0.950. The van der Waals surface area contributed by atoms with Crippen LogP contribution in [0.25, 0.3) is 22.2 Å². The second-order valence-corrected chi connectivity index (χ2v) is 6.26. The SMILES string of the molecule is O=C(O)N1CC(Oc2cccc(-c3ccc4[nH]c(=O)[nH]c4c3)c2Cl)C1. The van der Waals surface area contributed by atoms with Gasteiger partial charge in [0.15, 0.2) is 0 Å². The van der Waals surface area contributed by atoms with Crippen molar-refractivity contribution in [3.63, 3.8) is 0 Å². The number of benzene rings is 2. The number of halogens is 1. The molecular weight excluding hydrogens is 346 g/mol. The third kappa shape index (κ3) is 2.83. The molecule has 0 atom stereocenters. The van der Waals surface area contributed by atoms with Gasteiger partial charge in [-0.15, -0.1) is 0 Å². The average Bonchev–Trinajstić information content (AvgIpc) is 2.90. The predicted molar refractivity (Wildman–Crippen MR) is 93.4 cm³/mol.